The Kier molecular flexibility index (Phi) is 3.79. The van der Waals surface area contributed by atoms with Gasteiger partial charge < -0.3 is 4.74 Å². The van der Waals surface area contributed by atoms with Crippen molar-refractivity contribution in [3.8, 4) is 0 Å². The predicted molar refractivity (Wildman–Crippen MR) is 68.8 cm³/mol. The maximum absolute atomic E-state index is 11.5. The number of anilines is 1. The van der Waals surface area contributed by atoms with Crippen LogP contribution in [0.15, 0.2) is 18.2 Å². The maximum Gasteiger partial charge on any atom is 0.411 e. The van der Waals surface area contributed by atoms with E-state index in [9.17, 15) is 4.79 Å². The Morgan fingerprint density at radius 3 is 2.71 bits per heavy atom. The van der Waals surface area contributed by atoms with Crippen LogP contribution < -0.4 is 5.32 Å². The highest BCUT2D eigenvalue weighted by Crippen LogP contribution is 2.34. The maximum atomic E-state index is 11.5. The Bertz CT molecular complexity index is 433. The molecule has 3 nitrogen and oxygen atoms in total. The van der Waals surface area contributed by atoms with Crippen LogP contribution in [0.5, 0.6) is 0 Å². The van der Waals surface area contributed by atoms with Gasteiger partial charge in [0.05, 0.1) is 10.0 Å². The van der Waals surface area contributed by atoms with Crippen molar-refractivity contribution in [3.63, 3.8) is 0 Å². The molecule has 1 aliphatic rings. The monoisotopic (exact) mass is 273 g/mol. The number of benzene rings is 1. The lowest BCUT2D eigenvalue weighted by Crippen LogP contribution is -2.21. The normalized spacial score (nSPS) is 16.4. The molecule has 1 aromatic rings. The summed E-state index contributed by atoms with van der Waals surface area (Å²) in [6.07, 6.45) is 1.79. The van der Waals surface area contributed by atoms with Crippen LogP contribution in [0.3, 0.4) is 0 Å². The van der Waals surface area contributed by atoms with Crippen molar-refractivity contribution < 1.29 is 9.53 Å². The first-order valence-corrected chi connectivity index (χ1v) is 6.24. The quantitative estimate of drug-likeness (QED) is 0.890. The van der Waals surface area contributed by atoms with Crippen LogP contribution in [0.1, 0.15) is 19.8 Å². The average molecular weight is 274 g/mol. The zero-order chi connectivity index (χ0) is 12.4. The van der Waals surface area contributed by atoms with E-state index in [-0.39, 0.29) is 6.10 Å². The molecular weight excluding hydrogens is 261 g/mol. The molecule has 0 aliphatic heterocycles. The molecule has 1 aromatic carbocycles. The van der Waals surface area contributed by atoms with Gasteiger partial charge in [-0.3, -0.25) is 5.32 Å². The van der Waals surface area contributed by atoms with Gasteiger partial charge in [-0.05, 0) is 43.9 Å². The molecular formula is C12H13Cl2NO2. The molecule has 0 spiro atoms. The second kappa shape index (κ2) is 5.15. The average Bonchev–Trinajstić information content (AvgIpc) is 3.06. The first kappa shape index (κ1) is 12.5. The molecule has 1 unspecified atom stereocenters. The third-order valence-corrected chi connectivity index (χ3v) is 3.48. The fourth-order valence-electron chi connectivity index (χ4n) is 1.55. The molecule has 1 aliphatic carbocycles. The lowest BCUT2D eigenvalue weighted by Gasteiger charge is -2.13. The van der Waals surface area contributed by atoms with Gasteiger partial charge in [0.15, 0.2) is 0 Å². The van der Waals surface area contributed by atoms with Crippen LogP contribution in [0.4, 0.5) is 10.5 Å². The number of rotatable bonds is 3. The minimum atomic E-state index is -0.456. The summed E-state index contributed by atoms with van der Waals surface area (Å²) in [5.74, 6) is 0.523. The highest BCUT2D eigenvalue weighted by Gasteiger charge is 2.30. The molecule has 1 saturated carbocycles. The van der Waals surface area contributed by atoms with Crippen molar-refractivity contribution in [1.29, 1.82) is 0 Å². The Morgan fingerprint density at radius 2 is 2.12 bits per heavy atom. The number of ether oxygens (including phenoxy) is 1. The van der Waals surface area contributed by atoms with E-state index in [1.54, 1.807) is 18.2 Å². The summed E-state index contributed by atoms with van der Waals surface area (Å²) in [7, 11) is 0. The van der Waals surface area contributed by atoms with E-state index in [0.29, 0.717) is 21.7 Å². The summed E-state index contributed by atoms with van der Waals surface area (Å²) in [6, 6.07) is 4.90. The van der Waals surface area contributed by atoms with Crippen LogP contribution in [0.2, 0.25) is 10.0 Å². The number of carbonyl (C=O) groups is 1. The van der Waals surface area contributed by atoms with Crippen molar-refractivity contribution in [3.05, 3.63) is 28.2 Å². The highest BCUT2D eigenvalue weighted by atomic mass is 35.5. The topological polar surface area (TPSA) is 38.3 Å². The van der Waals surface area contributed by atoms with E-state index in [0.717, 1.165) is 12.8 Å². The Balaban J connectivity index is 1.90. The van der Waals surface area contributed by atoms with Crippen molar-refractivity contribution in [2.24, 2.45) is 5.92 Å². The molecule has 1 atom stereocenters. The molecule has 1 N–H and O–H groups in total. The molecule has 92 valence electrons. The van der Waals surface area contributed by atoms with Crippen LogP contribution in [-0.2, 0) is 4.74 Å². The number of nitrogens with one attached hydrogen (secondary N) is 1. The zero-order valence-electron chi connectivity index (χ0n) is 9.37. The Morgan fingerprint density at radius 1 is 1.41 bits per heavy atom. The van der Waals surface area contributed by atoms with Gasteiger partial charge in [0.2, 0.25) is 0 Å². The molecule has 0 radical (unpaired) electrons. The van der Waals surface area contributed by atoms with E-state index in [2.05, 4.69) is 5.32 Å². The molecule has 0 saturated heterocycles. The minimum absolute atomic E-state index is 0.0298. The van der Waals surface area contributed by atoms with Crippen LogP contribution in [0.25, 0.3) is 0 Å². The van der Waals surface area contributed by atoms with Crippen molar-refractivity contribution >= 4 is 35.0 Å². The molecule has 17 heavy (non-hydrogen) atoms. The van der Waals surface area contributed by atoms with E-state index < -0.39 is 6.09 Å². The largest absolute Gasteiger partial charge is 0.446 e. The van der Waals surface area contributed by atoms with Gasteiger partial charge in [0.25, 0.3) is 0 Å². The standard InChI is InChI=1S/C12H13Cl2NO2/c1-7(8-2-3-8)17-12(16)15-9-4-5-10(13)11(14)6-9/h4-8H,2-3H2,1H3,(H,15,16). The fourth-order valence-corrected chi connectivity index (χ4v) is 1.85. The van der Waals surface area contributed by atoms with Crippen LogP contribution in [0, 0.1) is 5.92 Å². The second-order valence-electron chi connectivity index (χ2n) is 4.20. The number of carbonyl (C=O) groups excluding carboxylic acids is 1. The molecule has 1 fully saturated rings. The smallest absolute Gasteiger partial charge is 0.411 e. The van der Waals surface area contributed by atoms with E-state index in [1.165, 1.54) is 0 Å². The second-order valence-corrected chi connectivity index (χ2v) is 5.02. The number of halogens is 2. The third-order valence-electron chi connectivity index (χ3n) is 2.74. The van der Waals surface area contributed by atoms with Gasteiger partial charge in [0.1, 0.15) is 6.10 Å². The summed E-state index contributed by atoms with van der Waals surface area (Å²) < 4.78 is 5.22. The van der Waals surface area contributed by atoms with E-state index in [1.807, 2.05) is 6.92 Å². The SMILES string of the molecule is CC(OC(=O)Nc1ccc(Cl)c(Cl)c1)C1CC1. The Hall–Kier alpha value is -0.930. The van der Waals surface area contributed by atoms with Crippen LogP contribution in [-0.4, -0.2) is 12.2 Å². The lowest BCUT2D eigenvalue weighted by atomic mass is 10.3. The lowest BCUT2D eigenvalue weighted by molar-refractivity contribution is 0.108. The fraction of sp³-hybridized carbons (Fsp3) is 0.417. The molecule has 0 aromatic heterocycles. The summed E-state index contributed by atoms with van der Waals surface area (Å²) >= 11 is 11.6. The Labute approximate surface area is 110 Å². The first-order chi connectivity index (χ1) is 8.06. The summed E-state index contributed by atoms with van der Waals surface area (Å²) in [4.78, 5) is 11.5. The minimum Gasteiger partial charge on any atom is -0.446 e. The van der Waals surface area contributed by atoms with Crippen molar-refractivity contribution in [2.45, 2.75) is 25.9 Å². The van der Waals surface area contributed by atoms with Gasteiger partial charge in [-0.15, -0.1) is 0 Å². The molecule has 2 rings (SSSR count). The third kappa shape index (κ3) is 3.51. The number of hydrogen-bond acceptors (Lipinski definition) is 2. The van der Waals surface area contributed by atoms with Gasteiger partial charge in [-0.25, -0.2) is 4.79 Å². The van der Waals surface area contributed by atoms with Crippen molar-refractivity contribution in [2.75, 3.05) is 5.32 Å². The van der Waals surface area contributed by atoms with Gasteiger partial charge in [-0.2, -0.15) is 0 Å². The van der Waals surface area contributed by atoms with E-state index >= 15 is 0 Å². The molecule has 0 heterocycles. The van der Waals surface area contributed by atoms with Gasteiger partial charge >= 0.3 is 6.09 Å². The number of hydrogen-bond donors (Lipinski definition) is 1. The van der Waals surface area contributed by atoms with Gasteiger partial charge in [0, 0.05) is 5.69 Å². The van der Waals surface area contributed by atoms with Crippen LogP contribution >= 0.6 is 23.2 Å². The molecule has 5 heteroatoms. The summed E-state index contributed by atoms with van der Waals surface area (Å²) in [5.41, 5.74) is 0.576. The molecule has 1 amide bonds. The predicted octanol–water partition coefficient (Wildman–Crippen LogP) is 4.34. The molecule has 0 bridgehead atoms. The summed E-state index contributed by atoms with van der Waals surface area (Å²) in [6.45, 7) is 1.91. The zero-order valence-corrected chi connectivity index (χ0v) is 10.9. The first-order valence-electron chi connectivity index (χ1n) is 5.49. The van der Waals surface area contributed by atoms with Gasteiger partial charge in [-0.1, -0.05) is 23.2 Å². The van der Waals surface area contributed by atoms with E-state index in [4.69, 9.17) is 27.9 Å². The summed E-state index contributed by atoms with van der Waals surface area (Å²) in [5, 5.41) is 3.48. The highest BCUT2D eigenvalue weighted by molar-refractivity contribution is 6.42. The van der Waals surface area contributed by atoms with Crippen molar-refractivity contribution in [1.82, 2.24) is 0 Å². The number of amides is 1.